The Morgan fingerprint density at radius 2 is 1.54 bits per heavy atom. The van der Waals surface area contributed by atoms with Crippen molar-refractivity contribution in [1.82, 2.24) is 20.0 Å². The van der Waals surface area contributed by atoms with E-state index in [0.29, 0.717) is 5.69 Å². The molecule has 1 unspecified atom stereocenters. The molecular formula is C41H51F4N5O4. The summed E-state index contributed by atoms with van der Waals surface area (Å²) in [5, 5.41) is 10.1. The highest BCUT2D eigenvalue weighted by Gasteiger charge is 2.49. The molecule has 3 amide bonds. The minimum atomic E-state index is -4.79. The third-order valence-electron chi connectivity index (χ3n) is 11.6. The number of aromatic nitrogens is 2. The van der Waals surface area contributed by atoms with Crippen LogP contribution in [0, 0.1) is 23.6 Å². The molecule has 54 heavy (non-hydrogen) atoms. The Labute approximate surface area is 314 Å². The van der Waals surface area contributed by atoms with E-state index >= 15 is 4.39 Å². The van der Waals surface area contributed by atoms with Gasteiger partial charge in [-0.25, -0.2) is 4.39 Å². The van der Waals surface area contributed by atoms with Crippen molar-refractivity contribution >= 4 is 23.4 Å². The molecule has 2 aliphatic carbocycles. The SMILES string of the molecule is CC(C)n1nccc1C(=O)N[C@H](C(=O)Nc1ccc([C@H](C)C(=O)N2CCOc3ccccc3C2C(F)(F)F)cc1F)C(C1CCCCC1)C1CCCCC1. The number of alkyl halides is 3. The van der Waals surface area contributed by atoms with Gasteiger partial charge < -0.3 is 20.3 Å². The van der Waals surface area contributed by atoms with Crippen LogP contribution in [0.15, 0.2) is 54.7 Å². The van der Waals surface area contributed by atoms with Crippen LogP contribution in [-0.4, -0.2) is 57.8 Å². The fraction of sp³-hybridized carbons (Fsp3) is 0.561. The maximum atomic E-state index is 16.0. The molecule has 0 bridgehead atoms. The lowest BCUT2D eigenvalue weighted by molar-refractivity contribution is -0.192. The number of amides is 3. The van der Waals surface area contributed by atoms with Crippen LogP contribution in [0.4, 0.5) is 23.2 Å². The maximum Gasteiger partial charge on any atom is 0.413 e. The molecular weight excluding hydrogens is 702 g/mol. The number of rotatable bonds is 10. The first kappa shape index (κ1) is 39.3. The highest BCUT2D eigenvalue weighted by molar-refractivity contribution is 6.01. The monoisotopic (exact) mass is 753 g/mol. The van der Waals surface area contributed by atoms with Gasteiger partial charge in [0.2, 0.25) is 11.8 Å². The molecule has 2 heterocycles. The number of hydrogen-bond acceptors (Lipinski definition) is 5. The minimum Gasteiger partial charge on any atom is -0.491 e. The highest BCUT2D eigenvalue weighted by Crippen LogP contribution is 2.45. The molecule has 3 atom stereocenters. The van der Waals surface area contributed by atoms with Gasteiger partial charge >= 0.3 is 6.18 Å². The summed E-state index contributed by atoms with van der Waals surface area (Å²) in [6.45, 7) is 4.82. The van der Waals surface area contributed by atoms with Gasteiger partial charge in [-0.15, -0.1) is 0 Å². The van der Waals surface area contributed by atoms with Gasteiger partial charge in [0.25, 0.3) is 5.91 Å². The number of carbonyl (C=O) groups is 3. The number of nitrogens with one attached hydrogen (secondary N) is 2. The maximum absolute atomic E-state index is 16.0. The average molecular weight is 754 g/mol. The number of nitrogens with zero attached hydrogens (tertiary/aromatic N) is 3. The van der Waals surface area contributed by atoms with Crippen LogP contribution in [0.3, 0.4) is 0 Å². The summed E-state index contributed by atoms with van der Waals surface area (Å²) in [6, 6.07) is 7.97. The van der Waals surface area contributed by atoms with Crippen molar-refractivity contribution < 1.29 is 36.7 Å². The average Bonchev–Trinajstić information content (AvgIpc) is 3.57. The predicted molar refractivity (Wildman–Crippen MR) is 196 cm³/mol. The van der Waals surface area contributed by atoms with Gasteiger partial charge in [0.15, 0.2) is 6.04 Å². The van der Waals surface area contributed by atoms with E-state index in [1.165, 1.54) is 37.3 Å². The summed E-state index contributed by atoms with van der Waals surface area (Å²) in [5.41, 5.74) is 0.174. The zero-order chi connectivity index (χ0) is 38.6. The van der Waals surface area contributed by atoms with E-state index < -0.39 is 47.7 Å². The van der Waals surface area contributed by atoms with Gasteiger partial charge in [0.1, 0.15) is 29.9 Å². The third-order valence-corrected chi connectivity index (χ3v) is 11.6. The van der Waals surface area contributed by atoms with Crippen LogP contribution in [0.25, 0.3) is 0 Å². The largest absolute Gasteiger partial charge is 0.491 e. The number of ether oxygens (including phenoxy) is 1. The summed E-state index contributed by atoms with van der Waals surface area (Å²) in [4.78, 5) is 42.8. The van der Waals surface area contributed by atoms with E-state index in [0.717, 1.165) is 75.2 Å². The first-order valence-electron chi connectivity index (χ1n) is 19.4. The molecule has 0 saturated heterocycles. The Morgan fingerprint density at radius 1 is 0.889 bits per heavy atom. The second-order valence-corrected chi connectivity index (χ2v) is 15.4. The van der Waals surface area contributed by atoms with E-state index in [4.69, 9.17) is 4.74 Å². The second kappa shape index (κ2) is 16.9. The summed E-state index contributed by atoms with van der Waals surface area (Å²) in [7, 11) is 0. The topological polar surface area (TPSA) is 106 Å². The first-order valence-corrected chi connectivity index (χ1v) is 19.4. The van der Waals surface area contributed by atoms with E-state index in [-0.39, 0.29) is 59.5 Å². The van der Waals surface area contributed by atoms with Crippen LogP contribution < -0.4 is 15.4 Å². The zero-order valence-electron chi connectivity index (χ0n) is 31.2. The van der Waals surface area contributed by atoms with Crippen molar-refractivity contribution in [2.75, 3.05) is 18.5 Å². The molecule has 292 valence electrons. The van der Waals surface area contributed by atoms with E-state index in [1.807, 2.05) is 13.8 Å². The first-order chi connectivity index (χ1) is 25.8. The number of hydrogen-bond donors (Lipinski definition) is 2. The van der Waals surface area contributed by atoms with Gasteiger partial charge in [-0.1, -0.05) is 88.5 Å². The van der Waals surface area contributed by atoms with Gasteiger partial charge in [0, 0.05) is 17.8 Å². The van der Waals surface area contributed by atoms with Gasteiger partial charge in [0.05, 0.1) is 18.2 Å². The van der Waals surface area contributed by atoms with Crippen molar-refractivity contribution in [2.24, 2.45) is 17.8 Å². The van der Waals surface area contributed by atoms with Gasteiger partial charge in [-0.3, -0.25) is 19.1 Å². The summed E-state index contributed by atoms with van der Waals surface area (Å²) >= 11 is 0. The molecule has 3 aliphatic rings. The van der Waals surface area contributed by atoms with Crippen LogP contribution in [0.2, 0.25) is 0 Å². The van der Waals surface area contributed by atoms with Crippen molar-refractivity contribution in [3.8, 4) is 5.75 Å². The molecule has 6 rings (SSSR count). The van der Waals surface area contributed by atoms with Crippen LogP contribution >= 0.6 is 0 Å². The predicted octanol–water partition coefficient (Wildman–Crippen LogP) is 8.75. The van der Waals surface area contributed by atoms with E-state index in [2.05, 4.69) is 15.7 Å². The minimum absolute atomic E-state index is 0.0585. The van der Waals surface area contributed by atoms with E-state index in [1.54, 1.807) is 23.0 Å². The standard InChI is InChI=1S/C41H51F4N5O4/c1-25(2)50-33(20-21-46-50)38(51)48-36(35(27-12-6-4-7-13-27)28-14-8-5-9-15-28)39(52)47-32-19-18-29(24-31(32)42)26(3)40(53)49-22-23-54-34-17-11-10-16-30(34)37(49)41(43,44)45/h10-11,16-21,24-28,35-37H,4-9,12-15,22-23H2,1-3H3,(H,47,52)(H,48,51)/t26-,36-,37?/m0/s1. The Hall–Kier alpha value is -4.42. The fourth-order valence-corrected chi connectivity index (χ4v) is 8.91. The van der Waals surface area contributed by atoms with Crippen molar-refractivity contribution in [3.05, 3.63) is 77.4 Å². The van der Waals surface area contributed by atoms with Crippen molar-refractivity contribution in [2.45, 2.75) is 115 Å². The Bertz CT molecular complexity index is 1760. The molecule has 1 aromatic heterocycles. The second-order valence-electron chi connectivity index (χ2n) is 15.4. The van der Waals surface area contributed by atoms with Crippen molar-refractivity contribution in [1.29, 1.82) is 0 Å². The number of benzene rings is 2. The van der Waals surface area contributed by atoms with E-state index in [9.17, 15) is 27.6 Å². The fourth-order valence-electron chi connectivity index (χ4n) is 8.91. The molecule has 9 nitrogen and oxygen atoms in total. The van der Waals surface area contributed by atoms with Crippen LogP contribution in [0.5, 0.6) is 5.75 Å². The summed E-state index contributed by atoms with van der Waals surface area (Å²) in [5.74, 6) is -3.45. The highest BCUT2D eigenvalue weighted by atomic mass is 19.4. The Morgan fingerprint density at radius 3 is 2.15 bits per heavy atom. The number of para-hydroxylation sites is 1. The summed E-state index contributed by atoms with van der Waals surface area (Å²) in [6.07, 6.45) is 6.99. The Balaban J connectivity index is 1.26. The molecule has 0 spiro atoms. The normalized spacial score (nSPS) is 19.8. The lowest BCUT2D eigenvalue weighted by atomic mass is 9.66. The molecule has 2 saturated carbocycles. The molecule has 0 radical (unpaired) electrons. The molecule has 3 aromatic rings. The van der Waals surface area contributed by atoms with Crippen LogP contribution in [-0.2, 0) is 9.59 Å². The molecule has 2 fully saturated rings. The lowest BCUT2D eigenvalue weighted by Crippen LogP contribution is -2.53. The molecule has 2 N–H and O–H groups in total. The quantitative estimate of drug-likeness (QED) is 0.202. The lowest BCUT2D eigenvalue weighted by Gasteiger charge is -2.42. The number of carbonyl (C=O) groups excluding carboxylic acids is 3. The van der Waals surface area contributed by atoms with Gasteiger partial charge in [-0.05, 0) is 68.4 Å². The molecule has 2 aromatic carbocycles. The molecule has 1 aliphatic heterocycles. The number of halogens is 4. The third kappa shape index (κ3) is 8.60. The smallest absolute Gasteiger partial charge is 0.413 e. The summed E-state index contributed by atoms with van der Waals surface area (Å²) < 4.78 is 66.7. The van der Waals surface area contributed by atoms with Crippen molar-refractivity contribution in [3.63, 3.8) is 0 Å². The van der Waals surface area contributed by atoms with Crippen LogP contribution in [0.1, 0.15) is 125 Å². The van der Waals surface area contributed by atoms with Gasteiger partial charge in [-0.2, -0.15) is 18.3 Å². The Kier molecular flexibility index (Phi) is 12.3. The zero-order valence-corrected chi connectivity index (χ0v) is 31.2. The number of anilines is 1. The molecule has 13 heteroatoms. The number of fused-ring (bicyclic) bond motifs is 1.